The van der Waals surface area contributed by atoms with Crippen molar-refractivity contribution < 1.29 is 0 Å². The molecule has 24 heteroatoms. The van der Waals surface area contributed by atoms with Gasteiger partial charge in [-0.25, -0.2) is 29.9 Å². The van der Waals surface area contributed by atoms with Crippen LogP contribution in [0, 0.1) is 0 Å². The van der Waals surface area contributed by atoms with Crippen LogP contribution in [0.2, 0.25) is 50.2 Å². The van der Waals surface area contributed by atoms with Gasteiger partial charge in [0.25, 0.3) is 0 Å². The molecule has 8 bridgehead atoms. The normalized spacial score (nSPS) is 12.3. The van der Waals surface area contributed by atoms with Crippen LogP contribution in [0.3, 0.4) is 0 Å². The van der Waals surface area contributed by atoms with Crippen LogP contribution in [0.5, 0.6) is 0 Å². The van der Waals surface area contributed by atoms with Crippen molar-refractivity contribution >= 4 is 256 Å². The molecular weight excluding hydrogens is 1330 g/mol. The van der Waals surface area contributed by atoms with Crippen molar-refractivity contribution in [2.45, 2.75) is 0 Å². The summed E-state index contributed by atoms with van der Waals surface area (Å²) in [6.45, 7) is 0. The number of nitrogens with one attached hydrogen (secondary N) is 2. The van der Waals surface area contributed by atoms with Gasteiger partial charge in [0.15, 0.2) is 23.3 Å². The average Bonchev–Trinajstić information content (AvgIpc) is 3.92. The van der Waals surface area contributed by atoms with E-state index in [-0.39, 0.29) is 96.1 Å². The Morgan fingerprint density at radius 2 is 0.589 bits per heavy atom. The standard InChI is InChI=1S/C32H2Br6Cl10N8/c33-9-1-4(15(39)12(36)20(9)44)28-49-25(1)53-31-7-8(18(42)23(47)14(38)17(7)41)32(56-31)54-26-2-5(16(40)13(37)21(45)10(2)34)29(50-26)55-30-6-3(27(51-28)52-30)11(35)22(46)24(48)19(6)43/h(H2,49,50,51,52,53,54,55,56). The second-order valence-corrected chi connectivity index (χ2v) is 20.2. The Labute approximate surface area is 412 Å². The van der Waals surface area contributed by atoms with Crippen LogP contribution in [0.25, 0.3) is 89.7 Å². The van der Waals surface area contributed by atoms with E-state index < -0.39 is 0 Å². The maximum absolute atomic E-state index is 7.00. The zero-order valence-electron chi connectivity index (χ0n) is 25.7. The largest absolute Gasteiger partial charge is 0.324 e. The molecule has 3 aromatic heterocycles. The van der Waals surface area contributed by atoms with Crippen LogP contribution >= 0.6 is 212 Å². The predicted octanol–water partition coefficient (Wildman–Crippen LogP) is 18.0. The highest BCUT2D eigenvalue weighted by molar-refractivity contribution is 9.11. The molecule has 2 aliphatic heterocycles. The van der Waals surface area contributed by atoms with Crippen molar-refractivity contribution in [2.75, 3.05) is 0 Å². The van der Waals surface area contributed by atoms with Crippen LogP contribution in [0.15, 0.2) is 26.8 Å². The highest BCUT2D eigenvalue weighted by Gasteiger charge is 2.33. The van der Waals surface area contributed by atoms with Crippen molar-refractivity contribution in [3.8, 4) is 45.6 Å². The molecule has 2 aliphatic rings. The zero-order chi connectivity index (χ0) is 40.1. The summed E-state index contributed by atoms with van der Waals surface area (Å²) in [6.07, 6.45) is 0. The number of H-pyrrole nitrogens is 2. The van der Waals surface area contributed by atoms with Crippen LogP contribution in [0.1, 0.15) is 0 Å². The molecule has 4 aromatic carbocycles. The fraction of sp³-hybridized carbons (Fsp3) is 0. The molecule has 8 nitrogen and oxygen atoms in total. The first-order valence-corrected chi connectivity index (χ1v) is 23.2. The third-order valence-corrected chi connectivity index (χ3v) is 19.6. The lowest BCUT2D eigenvalue weighted by Crippen LogP contribution is -1.89. The Balaban J connectivity index is 1.61. The van der Waals surface area contributed by atoms with Gasteiger partial charge in [-0.2, -0.15) is 0 Å². The lowest BCUT2D eigenvalue weighted by molar-refractivity contribution is 1.19. The fourth-order valence-electron chi connectivity index (χ4n) is 6.24. The van der Waals surface area contributed by atoms with E-state index in [1.54, 1.807) is 0 Å². The molecule has 5 heterocycles. The van der Waals surface area contributed by atoms with E-state index in [4.69, 9.17) is 146 Å². The first-order valence-electron chi connectivity index (χ1n) is 14.7. The van der Waals surface area contributed by atoms with Gasteiger partial charge >= 0.3 is 0 Å². The van der Waals surface area contributed by atoms with E-state index in [2.05, 4.69) is 106 Å². The third-order valence-electron chi connectivity index (χ3n) is 8.68. The number of aromatic amines is 2. The van der Waals surface area contributed by atoms with Gasteiger partial charge in [0.05, 0.1) is 80.2 Å². The van der Waals surface area contributed by atoms with Crippen molar-refractivity contribution in [1.29, 1.82) is 0 Å². The van der Waals surface area contributed by atoms with E-state index in [0.29, 0.717) is 70.6 Å². The maximum atomic E-state index is 7.00. The minimum Gasteiger partial charge on any atom is -0.324 e. The summed E-state index contributed by atoms with van der Waals surface area (Å²) < 4.78 is 2.27. The summed E-state index contributed by atoms with van der Waals surface area (Å²) in [7, 11) is 0. The maximum Gasteiger partial charge on any atom is 0.166 e. The van der Waals surface area contributed by atoms with Gasteiger partial charge in [-0.1, -0.05) is 116 Å². The Bertz CT molecular complexity index is 2830. The predicted molar refractivity (Wildman–Crippen MR) is 252 cm³/mol. The third kappa shape index (κ3) is 5.93. The fourth-order valence-corrected chi connectivity index (χ4v) is 12.4. The number of nitrogens with zero attached hydrogens (tertiary/aromatic N) is 6. The molecular formula is C32H2Br6Cl10N8. The quantitative estimate of drug-likeness (QED) is 0.116. The zero-order valence-corrected chi connectivity index (χ0v) is 42.8. The molecule has 0 atom stereocenters. The monoisotopic (exact) mass is 1320 g/mol. The molecule has 0 aliphatic carbocycles. The Morgan fingerprint density at radius 1 is 0.268 bits per heavy atom. The summed E-state index contributed by atoms with van der Waals surface area (Å²) in [5.41, 5.74) is 2.29. The Morgan fingerprint density at radius 3 is 1.04 bits per heavy atom. The summed E-state index contributed by atoms with van der Waals surface area (Å²) in [5, 5.41) is 2.99. The van der Waals surface area contributed by atoms with Gasteiger partial charge in [0, 0.05) is 40.7 Å². The Hall–Kier alpha value is 0.0200. The molecule has 0 radical (unpaired) electrons. The first-order chi connectivity index (χ1) is 26.4. The highest BCUT2D eigenvalue weighted by atomic mass is 79.9. The Kier molecular flexibility index (Phi) is 11.0. The molecule has 9 rings (SSSR count). The van der Waals surface area contributed by atoms with Crippen LogP contribution in [0.4, 0.5) is 0 Å². The highest BCUT2D eigenvalue weighted by Crippen LogP contribution is 2.54. The number of halogens is 16. The lowest BCUT2D eigenvalue weighted by Gasteiger charge is -2.10. The average molecular weight is 1330 g/mol. The molecule has 282 valence electrons. The van der Waals surface area contributed by atoms with Gasteiger partial charge in [0.1, 0.15) is 22.6 Å². The van der Waals surface area contributed by atoms with Crippen LogP contribution in [-0.2, 0) is 0 Å². The number of fused-ring (bicyclic) bond motifs is 20. The van der Waals surface area contributed by atoms with E-state index in [0.717, 1.165) is 0 Å². The smallest absolute Gasteiger partial charge is 0.166 e. The van der Waals surface area contributed by atoms with Crippen LogP contribution in [-0.4, -0.2) is 39.9 Å². The minimum atomic E-state index is 0.0606. The van der Waals surface area contributed by atoms with Crippen molar-refractivity contribution in [3.05, 3.63) is 77.1 Å². The molecule has 0 amide bonds. The number of aromatic nitrogens is 8. The van der Waals surface area contributed by atoms with Crippen molar-refractivity contribution in [2.24, 2.45) is 0 Å². The van der Waals surface area contributed by atoms with Gasteiger partial charge in [-0.05, 0) is 95.6 Å². The summed E-state index contributed by atoms with van der Waals surface area (Å²) in [6, 6.07) is 0. The first kappa shape index (κ1) is 41.4. The van der Waals surface area contributed by atoms with Gasteiger partial charge in [-0.15, -0.1) is 0 Å². The molecule has 2 N–H and O–H groups in total. The number of hydrogen-bond acceptors (Lipinski definition) is 6. The second kappa shape index (κ2) is 14.8. The van der Waals surface area contributed by atoms with Crippen molar-refractivity contribution in [3.63, 3.8) is 0 Å². The van der Waals surface area contributed by atoms with Crippen LogP contribution < -0.4 is 0 Å². The van der Waals surface area contributed by atoms with E-state index in [1.165, 1.54) is 0 Å². The van der Waals surface area contributed by atoms with E-state index in [1.807, 2.05) is 0 Å². The number of hydrogen-bond donors (Lipinski definition) is 2. The second-order valence-electron chi connectivity index (χ2n) is 11.6. The number of benzene rings is 4. The molecule has 0 fully saturated rings. The van der Waals surface area contributed by atoms with E-state index in [9.17, 15) is 0 Å². The summed E-state index contributed by atoms with van der Waals surface area (Å²) in [4.78, 5) is 36.2. The van der Waals surface area contributed by atoms with Gasteiger partial charge < -0.3 is 9.97 Å². The molecule has 56 heavy (non-hydrogen) atoms. The van der Waals surface area contributed by atoms with Gasteiger partial charge in [0.2, 0.25) is 0 Å². The number of rotatable bonds is 0. The molecule has 0 saturated carbocycles. The molecule has 7 aromatic rings. The van der Waals surface area contributed by atoms with Gasteiger partial charge in [-0.3, -0.25) is 0 Å². The lowest BCUT2D eigenvalue weighted by atomic mass is 10.1. The summed E-state index contributed by atoms with van der Waals surface area (Å²) >= 11 is 89.8. The van der Waals surface area contributed by atoms with E-state index >= 15 is 0 Å². The molecule has 0 unspecified atom stereocenters. The summed E-state index contributed by atoms with van der Waals surface area (Å²) in [5.74, 6) is 0.481. The van der Waals surface area contributed by atoms with Crippen molar-refractivity contribution in [1.82, 2.24) is 39.9 Å². The minimum absolute atomic E-state index is 0.0606. The SMILES string of the molecule is Clc1c(Br)c(Cl)c2c(c1Br)-c1nc-2nc2[nH]c(nc3nc(nc4[nH]c(n1)c1c(Cl)c(Cl)c(Br)c(Cl)c41)-c1c(Br)c(Cl)c(Br)c(Cl)c1-3)c1c(Br)c(Cl)c(Cl)c(Cl)c21. The molecule has 0 saturated heterocycles. The topological polar surface area (TPSA) is 109 Å². The molecule has 0 spiro atoms.